The molecule has 19 heavy (non-hydrogen) atoms. The standard InChI is InChI=1S/C15H20N2OS/c1-3-8-18-13-6-4-12(5-7-13)15(17-16)14-10-19-9-11(14)2/h4-7,9-10,15,17H,3,8,16H2,1-2H3. The molecule has 0 saturated heterocycles. The van der Waals surface area contributed by atoms with Gasteiger partial charge in [-0.2, -0.15) is 11.3 Å². The fourth-order valence-electron chi connectivity index (χ4n) is 2.01. The summed E-state index contributed by atoms with van der Waals surface area (Å²) in [5.41, 5.74) is 6.53. The quantitative estimate of drug-likeness (QED) is 0.628. The first kappa shape index (κ1) is 14.1. The lowest BCUT2D eigenvalue weighted by Gasteiger charge is -2.17. The van der Waals surface area contributed by atoms with Crippen LogP contribution in [0.1, 0.15) is 36.1 Å². The molecule has 0 aliphatic carbocycles. The summed E-state index contributed by atoms with van der Waals surface area (Å²) in [6.07, 6.45) is 1.02. The molecular formula is C15H20N2OS. The Morgan fingerprint density at radius 3 is 2.53 bits per heavy atom. The molecule has 0 aliphatic rings. The van der Waals surface area contributed by atoms with Gasteiger partial charge in [0.05, 0.1) is 12.6 Å². The minimum Gasteiger partial charge on any atom is -0.494 e. The molecule has 0 radical (unpaired) electrons. The van der Waals surface area contributed by atoms with Gasteiger partial charge in [0.25, 0.3) is 0 Å². The maximum absolute atomic E-state index is 5.71. The Labute approximate surface area is 118 Å². The van der Waals surface area contributed by atoms with Crippen LogP contribution in [0.2, 0.25) is 0 Å². The van der Waals surface area contributed by atoms with Crippen LogP contribution in [0.3, 0.4) is 0 Å². The first-order valence-electron chi connectivity index (χ1n) is 6.47. The Kier molecular flexibility index (Phi) is 4.96. The van der Waals surface area contributed by atoms with Gasteiger partial charge in [0.15, 0.2) is 0 Å². The molecule has 0 amide bonds. The minimum absolute atomic E-state index is 0.0338. The van der Waals surface area contributed by atoms with Gasteiger partial charge < -0.3 is 4.74 Å². The first-order chi connectivity index (χ1) is 9.26. The lowest BCUT2D eigenvalue weighted by atomic mass is 9.99. The van der Waals surface area contributed by atoms with Crippen LogP contribution in [0.25, 0.3) is 0 Å². The second-order valence-corrected chi connectivity index (χ2v) is 5.27. The predicted molar refractivity (Wildman–Crippen MR) is 80.5 cm³/mol. The number of nitrogens with two attached hydrogens (primary N) is 1. The van der Waals surface area contributed by atoms with Crippen LogP contribution in [0.15, 0.2) is 35.0 Å². The van der Waals surface area contributed by atoms with Crippen molar-refractivity contribution in [2.24, 2.45) is 5.84 Å². The molecule has 0 fully saturated rings. The van der Waals surface area contributed by atoms with Crippen LogP contribution in [0.4, 0.5) is 0 Å². The van der Waals surface area contributed by atoms with Crippen LogP contribution in [0.5, 0.6) is 5.75 Å². The molecule has 0 saturated carbocycles. The predicted octanol–water partition coefficient (Wildman–Crippen LogP) is 3.40. The van der Waals surface area contributed by atoms with Crippen LogP contribution in [-0.2, 0) is 0 Å². The summed E-state index contributed by atoms with van der Waals surface area (Å²) in [7, 11) is 0. The molecule has 1 unspecified atom stereocenters. The van der Waals surface area contributed by atoms with Crippen molar-refractivity contribution in [1.82, 2.24) is 5.43 Å². The maximum atomic E-state index is 5.71. The molecule has 102 valence electrons. The third-order valence-corrected chi connectivity index (χ3v) is 3.94. The van der Waals surface area contributed by atoms with Crippen molar-refractivity contribution in [3.63, 3.8) is 0 Å². The highest BCUT2D eigenvalue weighted by molar-refractivity contribution is 7.08. The van der Waals surface area contributed by atoms with E-state index in [4.69, 9.17) is 10.6 Å². The van der Waals surface area contributed by atoms with Gasteiger partial charge in [-0.1, -0.05) is 19.1 Å². The summed E-state index contributed by atoms with van der Waals surface area (Å²) in [5, 5.41) is 4.28. The summed E-state index contributed by atoms with van der Waals surface area (Å²) in [6, 6.07) is 8.15. The summed E-state index contributed by atoms with van der Waals surface area (Å²) >= 11 is 1.70. The van der Waals surface area contributed by atoms with Gasteiger partial charge in [-0.15, -0.1) is 0 Å². The number of hydrogen-bond donors (Lipinski definition) is 2. The second-order valence-electron chi connectivity index (χ2n) is 4.53. The average molecular weight is 276 g/mol. The lowest BCUT2D eigenvalue weighted by molar-refractivity contribution is 0.317. The van der Waals surface area contributed by atoms with E-state index in [1.54, 1.807) is 11.3 Å². The van der Waals surface area contributed by atoms with Crippen molar-refractivity contribution in [2.75, 3.05) is 6.61 Å². The SMILES string of the molecule is CCCOc1ccc(C(NN)c2cscc2C)cc1. The number of nitrogens with one attached hydrogen (secondary N) is 1. The van der Waals surface area contributed by atoms with Crippen molar-refractivity contribution in [1.29, 1.82) is 0 Å². The van der Waals surface area contributed by atoms with Gasteiger partial charge in [0.2, 0.25) is 0 Å². The molecule has 0 aliphatic heterocycles. The van der Waals surface area contributed by atoms with Crippen LogP contribution in [0, 0.1) is 6.92 Å². The number of thiophene rings is 1. The zero-order valence-corrected chi connectivity index (χ0v) is 12.2. The molecule has 1 aromatic carbocycles. The summed E-state index contributed by atoms with van der Waals surface area (Å²) in [4.78, 5) is 0. The van der Waals surface area contributed by atoms with Gasteiger partial charge in [-0.25, -0.2) is 5.43 Å². The Balaban J connectivity index is 2.18. The van der Waals surface area contributed by atoms with E-state index in [2.05, 4.69) is 42.2 Å². The number of ether oxygens (including phenoxy) is 1. The third kappa shape index (κ3) is 3.35. The van der Waals surface area contributed by atoms with Crippen molar-refractivity contribution in [2.45, 2.75) is 26.3 Å². The molecule has 2 aromatic rings. The largest absolute Gasteiger partial charge is 0.494 e. The molecule has 1 atom stereocenters. The van der Waals surface area contributed by atoms with E-state index in [9.17, 15) is 0 Å². The van der Waals surface area contributed by atoms with Gasteiger partial charge in [-0.3, -0.25) is 5.84 Å². The minimum atomic E-state index is 0.0338. The normalized spacial score (nSPS) is 12.4. The Hall–Kier alpha value is -1.36. The van der Waals surface area contributed by atoms with Crippen molar-refractivity contribution >= 4 is 11.3 Å². The molecular weight excluding hydrogens is 256 g/mol. The second kappa shape index (κ2) is 6.70. The Morgan fingerprint density at radius 1 is 1.26 bits per heavy atom. The molecule has 0 spiro atoms. The number of aryl methyl sites for hydroxylation is 1. The topological polar surface area (TPSA) is 47.3 Å². The van der Waals surface area contributed by atoms with Gasteiger partial charge >= 0.3 is 0 Å². The molecule has 3 nitrogen and oxygen atoms in total. The zero-order chi connectivity index (χ0) is 13.7. The van der Waals surface area contributed by atoms with E-state index in [-0.39, 0.29) is 6.04 Å². The Bertz CT molecular complexity index is 507. The lowest BCUT2D eigenvalue weighted by Crippen LogP contribution is -2.28. The first-order valence-corrected chi connectivity index (χ1v) is 7.42. The summed E-state index contributed by atoms with van der Waals surface area (Å²) < 4.78 is 5.59. The number of hydrazine groups is 1. The van der Waals surface area contributed by atoms with Crippen LogP contribution >= 0.6 is 11.3 Å². The fourth-order valence-corrected chi connectivity index (χ4v) is 2.88. The van der Waals surface area contributed by atoms with Gasteiger partial charge in [-0.05, 0) is 52.9 Å². The summed E-state index contributed by atoms with van der Waals surface area (Å²) in [5.74, 6) is 6.61. The van der Waals surface area contributed by atoms with E-state index >= 15 is 0 Å². The van der Waals surface area contributed by atoms with E-state index < -0.39 is 0 Å². The highest BCUT2D eigenvalue weighted by Gasteiger charge is 2.15. The van der Waals surface area contributed by atoms with Crippen LogP contribution in [-0.4, -0.2) is 6.61 Å². The number of benzene rings is 1. The van der Waals surface area contributed by atoms with E-state index in [0.29, 0.717) is 0 Å². The van der Waals surface area contributed by atoms with E-state index in [0.717, 1.165) is 24.3 Å². The number of hydrogen-bond acceptors (Lipinski definition) is 4. The summed E-state index contributed by atoms with van der Waals surface area (Å²) in [6.45, 7) is 4.96. The third-order valence-electron chi connectivity index (χ3n) is 3.06. The van der Waals surface area contributed by atoms with E-state index in [1.807, 2.05) is 12.1 Å². The molecule has 0 bridgehead atoms. The highest BCUT2D eigenvalue weighted by atomic mass is 32.1. The molecule has 1 aromatic heterocycles. The smallest absolute Gasteiger partial charge is 0.119 e. The molecule has 3 N–H and O–H groups in total. The molecule has 2 rings (SSSR count). The van der Waals surface area contributed by atoms with Crippen molar-refractivity contribution in [3.05, 3.63) is 51.7 Å². The zero-order valence-electron chi connectivity index (χ0n) is 11.3. The van der Waals surface area contributed by atoms with Crippen molar-refractivity contribution < 1.29 is 4.74 Å². The average Bonchev–Trinajstić information content (AvgIpc) is 2.85. The maximum Gasteiger partial charge on any atom is 0.119 e. The van der Waals surface area contributed by atoms with Gasteiger partial charge in [0, 0.05) is 0 Å². The van der Waals surface area contributed by atoms with Crippen molar-refractivity contribution in [3.8, 4) is 5.75 Å². The Morgan fingerprint density at radius 2 is 2.00 bits per heavy atom. The highest BCUT2D eigenvalue weighted by Crippen LogP contribution is 2.28. The van der Waals surface area contributed by atoms with E-state index in [1.165, 1.54) is 11.1 Å². The monoisotopic (exact) mass is 276 g/mol. The van der Waals surface area contributed by atoms with Gasteiger partial charge in [0.1, 0.15) is 5.75 Å². The molecule has 4 heteroatoms. The molecule has 1 heterocycles. The van der Waals surface area contributed by atoms with Crippen LogP contribution < -0.4 is 16.0 Å². The fraction of sp³-hybridized carbons (Fsp3) is 0.333. The number of rotatable bonds is 6.